The summed E-state index contributed by atoms with van der Waals surface area (Å²) >= 11 is 14.9. The van der Waals surface area contributed by atoms with Gasteiger partial charge >= 0.3 is 0 Å². The van der Waals surface area contributed by atoms with Crippen LogP contribution in [0.2, 0.25) is 10.2 Å². The lowest BCUT2D eigenvalue weighted by molar-refractivity contribution is 0.103. The first-order valence-corrected chi connectivity index (χ1v) is 7.09. The number of halogens is 3. The van der Waals surface area contributed by atoms with E-state index >= 15 is 0 Å². The summed E-state index contributed by atoms with van der Waals surface area (Å²) in [6.45, 7) is 1.97. The molecular formula is C13H10BrCl2NO2. The number of H-pyrrole nitrogens is 1. The molecule has 0 aliphatic rings. The third-order valence-electron chi connectivity index (χ3n) is 2.78. The fourth-order valence-corrected chi connectivity index (χ4v) is 2.63. The zero-order valence-corrected chi connectivity index (χ0v) is 13.0. The van der Waals surface area contributed by atoms with E-state index in [9.17, 15) is 9.90 Å². The Morgan fingerprint density at radius 3 is 2.58 bits per heavy atom. The number of phenols is 1. The highest BCUT2D eigenvalue weighted by atomic mass is 79.9. The summed E-state index contributed by atoms with van der Waals surface area (Å²) < 4.78 is 0.392. The van der Waals surface area contributed by atoms with Crippen molar-refractivity contribution in [2.45, 2.75) is 13.3 Å². The van der Waals surface area contributed by atoms with Crippen molar-refractivity contribution in [1.29, 1.82) is 0 Å². The Hall–Kier alpha value is -0.970. The SMILES string of the molecule is CCc1ccc(C(=O)c2[nH]c(Cl)c(Cl)c2Br)c(O)c1. The number of aromatic nitrogens is 1. The van der Waals surface area contributed by atoms with E-state index < -0.39 is 0 Å². The molecule has 1 aromatic carbocycles. The first-order chi connectivity index (χ1) is 8.95. The summed E-state index contributed by atoms with van der Waals surface area (Å²) in [4.78, 5) is 15.0. The molecule has 0 aliphatic carbocycles. The number of nitrogens with one attached hydrogen (secondary N) is 1. The topological polar surface area (TPSA) is 53.1 Å². The molecule has 2 rings (SSSR count). The van der Waals surface area contributed by atoms with E-state index in [1.165, 1.54) is 0 Å². The Kier molecular flexibility index (Phi) is 4.23. The molecule has 0 saturated carbocycles. The van der Waals surface area contributed by atoms with E-state index in [0.717, 1.165) is 12.0 Å². The molecule has 0 spiro atoms. The molecule has 1 aromatic heterocycles. The maximum Gasteiger partial charge on any atom is 0.214 e. The lowest BCUT2D eigenvalue weighted by Gasteiger charge is -2.05. The zero-order valence-electron chi connectivity index (χ0n) is 9.93. The number of rotatable bonds is 3. The van der Waals surface area contributed by atoms with Crippen molar-refractivity contribution in [2.75, 3.05) is 0 Å². The highest BCUT2D eigenvalue weighted by molar-refractivity contribution is 9.10. The number of phenolic OH excluding ortho intramolecular Hbond substituents is 1. The summed E-state index contributed by atoms with van der Waals surface area (Å²) in [5.74, 6) is -0.432. The van der Waals surface area contributed by atoms with Gasteiger partial charge < -0.3 is 10.1 Å². The highest BCUT2D eigenvalue weighted by Gasteiger charge is 2.22. The smallest absolute Gasteiger partial charge is 0.214 e. The van der Waals surface area contributed by atoms with Crippen LogP contribution in [0.15, 0.2) is 22.7 Å². The fourth-order valence-electron chi connectivity index (χ4n) is 1.71. The van der Waals surface area contributed by atoms with Gasteiger partial charge in [0.1, 0.15) is 16.6 Å². The monoisotopic (exact) mass is 361 g/mol. The summed E-state index contributed by atoms with van der Waals surface area (Å²) in [6, 6.07) is 4.96. The van der Waals surface area contributed by atoms with Crippen LogP contribution >= 0.6 is 39.1 Å². The van der Waals surface area contributed by atoms with E-state index in [2.05, 4.69) is 20.9 Å². The largest absolute Gasteiger partial charge is 0.507 e. The number of hydrogen-bond donors (Lipinski definition) is 2. The molecule has 0 radical (unpaired) electrons. The van der Waals surface area contributed by atoms with Crippen molar-refractivity contribution in [3.05, 3.63) is 49.7 Å². The number of ketones is 1. The Balaban J connectivity index is 2.47. The second-order valence-electron chi connectivity index (χ2n) is 3.98. The molecule has 6 heteroatoms. The number of aromatic amines is 1. The van der Waals surface area contributed by atoms with Crippen LogP contribution in [0.3, 0.4) is 0 Å². The van der Waals surface area contributed by atoms with Crippen molar-refractivity contribution in [2.24, 2.45) is 0 Å². The van der Waals surface area contributed by atoms with Gasteiger partial charge in [-0.3, -0.25) is 4.79 Å². The van der Waals surface area contributed by atoms with E-state index in [0.29, 0.717) is 4.47 Å². The minimum Gasteiger partial charge on any atom is -0.507 e. The molecule has 19 heavy (non-hydrogen) atoms. The molecule has 0 bridgehead atoms. The van der Waals surface area contributed by atoms with Gasteiger partial charge in [0.2, 0.25) is 5.78 Å². The van der Waals surface area contributed by atoms with Gasteiger partial charge in [-0.2, -0.15) is 0 Å². The molecule has 1 heterocycles. The molecule has 2 N–H and O–H groups in total. The quantitative estimate of drug-likeness (QED) is 0.785. The third kappa shape index (κ3) is 2.66. The summed E-state index contributed by atoms with van der Waals surface area (Å²) in [6.07, 6.45) is 0.784. The standard InChI is InChI=1S/C13H10BrCl2NO2/c1-2-6-3-4-7(8(18)5-6)12(19)11-9(14)10(15)13(16)17-11/h3-5,17-18H,2H2,1H3. The van der Waals surface area contributed by atoms with Crippen LogP contribution in [0.5, 0.6) is 5.75 Å². The predicted molar refractivity (Wildman–Crippen MR) is 79.4 cm³/mol. The van der Waals surface area contributed by atoms with Crippen LogP contribution in [0, 0.1) is 0 Å². The van der Waals surface area contributed by atoms with Crippen LogP contribution in [0.25, 0.3) is 0 Å². The van der Waals surface area contributed by atoms with Crippen molar-refractivity contribution in [1.82, 2.24) is 4.98 Å². The van der Waals surface area contributed by atoms with E-state index in [4.69, 9.17) is 23.2 Å². The maximum absolute atomic E-state index is 12.3. The van der Waals surface area contributed by atoms with Crippen molar-refractivity contribution in [3.8, 4) is 5.75 Å². The molecule has 0 aliphatic heterocycles. The number of hydrogen-bond acceptors (Lipinski definition) is 2. The van der Waals surface area contributed by atoms with Crippen molar-refractivity contribution in [3.63, 3.8) is 0 Å². The Labute approximate surface area is 128 Å². The van der Waals surface area contributed by atoms with E-state index in [1.807, 2.05) is 6.92 Å². The molecule has 3 nitrogen and oxygen atoms in total. The average Bonchev–Trinajstić information content (AvgIpc) is 2.65. The Morgan fingerprint density at radius 1 is 1.42 bits per heavy atom. The van der Waals surface area contributed by atoms with Gasteiger partial charge in [-0.1, -0.05) is 36.2 Å². The molecule has 2 aromatic rings. The number of carbonyl (C=O) groups excluding carboxylic acids is 1. The minimum atomic E-state index is -0.374. The van der Waals surface area contributed by atoms with Gasteiger partial charge in [-0.15, -0.1) is 0 Å². The summed E-state index contributed by atoms with van der Waals surface area (Å²) in [5.41, 5.74) is 1.37. The summed E-state index contributed by atoms with van der Waals surface area (Å²) in [5, 5.41) is 10.3. The van der Waals surface area contributed by atoms with Gasteiger partial charge in [0.25, 0.3) is 0 Å². The first kappa shape index (κ1) is 14.4. The van der Waals surface area contributed by atoms with Crippen LogP contribution in [-0.2, 0) is 6.42 Å². The first-order valence-electron chi connectivity index (χ1n) is 5.54. The van der Waals surface area contributed by atoms with Gasteiger partial charge in [0, 0.05) is 0 Å². The lowest BCUT2D eigenvalue weighted by atomic mass is 10.0. The van der Waals surface area contributed by atoms with E-state index in [1.54, 1.807) is 18.2 Å². The van der Waals surface area contributed by atoms with E-state index in [-0.39, 0.29) is 33.0 Å². The number of aromatic hydroxyl groups is 1. The maximum atomic E-state index is 12.3. The zero-order chi connectivity index (χ0) is 14.2. The van der Waals surface area contributed by atoms with Crippen LogP contribution in [0.1, 0.15) is 28.5 Å². The fraction of sp³-hybridized carbons (Fsp3) is 0.154. The number of benzene rings is 1. The summed E-state index contributed by atoms with van der Waals surface area (Å²) in [7, 11) is 0. The molecule has 0 saturated heterocycles. The van der Waals surface area contributed by atoms with Gasteiger partial charge in [0.15, 0.2) is 0 Å². The number of aryl methyl sites for hydroxylation is 1. The van der Waals surface area contributed by atoms with Gasteiger partial charge in [-0.25, -0.2) is 0 Å². The van der Waals surface area contributed by atoms with Gasteiger partial charge in [0.05, 0.1) is 15.1 Å². The lowest BCUT2D eigenvalue weighted by Crippen LogP contribution is -2.03. The third-order valence-corrected chi connectivity index (χ3v) is 4.56. The van der Waals surface area contributed by atoms with Crippen LogP contribution in [0.4, 0.5) is 0 Å². The van der Waals surface area contributed by atoms with Gasteiger partial charge in [-0.05, 0) is 40.0 Å². The highest BCUT2D eigenvalue weighted by Crippen LogP contribution is 2.35. The second kappa shape index (κ2) is 5.57. The molecule has 0 atom stereocenters. The Morgan fingerprint density at radius 2 is 2.11 bits per heavy atom. The molecule has 100 valence electrons. The normalized spacial score (nSPS) is 10.7. The van der Waals surface area contributed by atoms with Crippen LogP contribution in [-0.4, -0.2) is 15.9 Å². The number of carbonyl (C=O) groups is 1. The van der Waals surface area contributed by atoms with Crippen LogP contribution < -0.4 is 0 Å². The second-order valence-corrected chi connectivity index (χ2v) is 5.53. The van der Waals surface area contributed by atoms with Crippen molar-refractivity contribution >= 4 is 44.9 Å². The van der Waals surface area contributed by atoms with Crippen molar-refractivity contribution < 1.29 is 9.90 Å². The molecular weight excluding hydrogens is 353 g/mol. The Bertz CT molecular complexity index is 652. The predicted octanol–water partition coefficient (Wildman–Crippen LogP) is 4.58. The molecule has 0 fully saturated rings. The average molecular weight is 363 g/mol. The molecule has 0 unspecified atom stereocenters. The minimum absolute atomic E-state index is 0.0573. The molecule has 0 amide bonds.